The average molecular weight is 353 g/mol. The second-order valence-corrected chi connectivity index (χ2v) is 8.28. The average Bonchev–Trinajstić information content (AvgIpc) is 3.10. The molecule has 0 unspecified atom stereocenters. The Bertz CT molecular complexity index is 764. The molecule has 0 aromatic carbocycles. The lowest BCUT2D eigenvalue weighted by molar-refractivity contribution is -0.129. The number of rotatable bonds is 4. The topological polar surface area (TPSA) is 106 Å². The Kier molecular flexibility index (Phi) is 4.44. The zero-order valence-corrected chi connectivity index (χ0v) is 14.1. The summed E-state index contributed by atoms with van der Waals surface area (Å²) in [5.74, 6) is -0.581. The quantitative estimate of drug-likeness (QED) is 0.821. The molecular weight excluding hydrogens is 334 g/mol. The standard InChI is InChI=1S/C15H19N3O5S/c1-23-15-12(3-2-5-16-15)17-14(20)10-7-13(19)18(8-10)11-4-6-24(21,22)9-11/h2-3,5,10-11H,4,6-9H2,1H3,(H,17,20)/t10-,11+/m0/s1. The second kappa shape index (κ2) is 6.39. The van der Waals surface area contributed by atoms with Crippen molar-refractivity contribution in [2.75, 3.05) is 30.5 Å². The fourth-order valence-corrected chi connectivity index (χ4v) is 4.90. The summed E-state index contributed by atoms with van der Waals surface area (Å²) >= 11 is 0. The van der Waals surface area contributed by atoms with Gasteiger partial charge in [-0.15, -0.1) is 0 Å². The monoisotopic (exact) mass is 353 g/mol. The van der Waals surface area contributed by atoms with E-state index in [1.54, 1.807) is 18.3 Å². The number of amides is 2. The summed E-state index contributed by atoms with van der Waals surface area (Å²) in [6.45, 7) is 0.243. The summed E-state index contributed by atoms with van der Waals surface area (Å²) in [6.07, 6.45) is 2.08. The normalized spacial score (nSPS) is 25.7. The Morgan fingerprint density at radius 3 is 2.92 bits per heavy atom. The van der Waals surface area contributed by atoms with E-state index in [9.17, 15) is 18.0 Å². The highest BCUT2D eigenvalue weighted by Crippen LogP contribution is 2.28. The third kappa shape index (κ3) is 3.35. The Morgan fingerprint density at radius 1 is 1.46 bits per heavy atom. The van der Waals surface area contributed by atoms with Gasteiger partial charge in [0, 0.05) is 25.2 Å². The molecule has 9 heteroatoms. The number of pyridine rings is 1. The number of hydrogen-bond acceptors (Lipinski definition) is 6. The van der Waals surface area contributed by atoms with Crippen molar-refractivity contribution in [3.8, 4) is 5.88 Å². The summed E-state index contributed by atoms with van der Waals surface area (Å²) in [4.78, 5) is 30.1. The van der Waals surface area contributed by atoms with Crippen LogP contribution in [0.4, 0.5) is 5.69 Å². The number of carbonyl (C=O) groups is 2. The molecule has 1 aromatic heterocycles. The van der Waals surface area contributed by atoms with Crippen molar-refractivity contribution >= 4 is 27.3 Å². The van der Waals surface area contributed by atoms with Crippen LogP contribution in [-0.2, 0) is 19.4 Å². The fourth-order valence-electron chi connectivity index (χ4n) is 3.16. The molecule has 0 aliphatic carbocycles. The maximum absolute atomic E-state index is 12.4. The van der Waals surface area contributed by atoms with Crippen molar-refractivity contribution in [2.24, 2.45) is 5.92 Å². The van der Waals surface area contributed by atoms with Crippen molar-refractivity contribution < 1.29 is 22.7 Å². The number of hydrogen-bond donors (Lipinski definition) is 1. The molecule has 0 spiro atoms. The van der Waals surface area contributed by atoms with Crippen molar-refractivity contribution in [3.05, 3.63) is 18.3 Å². The zero-order valence-electron chi connectivity index (χ0n) is 13.3. The van der Waals surface area contributed by atoms with Gasteiger partial charge in [-0.1, -0.05) is 0 Å². The fraction of sp³-hybridized carbons (Fsp3) is 0.533. The van der Waals surface area contributed by atoms with Crippen molar-refractivity contribution in [2.45, 2.75) is 18.9 Å². The van der Waals surface area contributed by atoms with Gasteiger partial charge in [0.2, 0.25) is 17.7 Å². The Morgan fingerprint density at radius 2 is 2.25 bits per heavy atom. The minimum atomic E-state index is -3.07. The predicted octanol–water partition coefficient (Wildman–Crippen LogP) is 0.0643. The number of aromatic nitrogens is 1. The Labute approximate surface area is 140 Å². The lowest BCUT2D eigenvalue weighted by atomic mass is 10.1. The number of nitrogens with one attached hydrogen (secondary N) is 1. The highest BCUT2D eigenvalue weighted by Gasteiger charge is 2.42. The largest absolute Gasteiger partial charge is 0.480 e. The predicted molar refractivity (Wildman–Crippen MR) is 86.3 cm³/mol. The molecule has 2 atom stereocenters. The third-order valence-electron chi connectivity index (χ3n) is 4.40. The molecular formula is C15H19N3O5S. The lowest BCUT2D eigenvalue weighted by Crippen LogP contribution is -2.38. The van der Waals surface area contributed by atoms with Gasteiger partial charge < -0.3 is 15.0 Å². The second-order valence-electron chi connectivity index (χ2n) is 6.05. The number of sulfone groups is 1. The molecule has 2 aliphatic rings. The van der Waals surface area contributed by atoms with E-state index in [1.807, 2.05) is 0 Å². The van der Waals surface area contributed by atoms with E-state index < -0.39 is 15.8 Å². The van der Waals surface area contributed by atoms with Gasteiger partial charge in [0.25, 0.3) is 0 Å². The molecule has 2 aliphatic heterocycles. The summed E-state index contributed by atoms with van der Waals surface area (Å²) in [6, 6.07) is 3.03. The van der Waals surface area contributed by atoms with Gasteiger partial charge in [-0.3, -0.25) is 9.59 Å². The van der Waals surface area contributed by atoms with Crippen LogP contribution in [0.25, 0.3) is 0 Å². The smallest absolute Gasteiger partial charge is 0.237 e. The molecule has 1 N–H and O–H groups in total. The SMILES string of the molecule is COc1ncccc1NC(=O)[C@H]1CC(=O)N([C@@H]2CCS(=O)(=O)C2)C1. The van der Waals surface area contributed by atoms with Crippen molar-refractivity contribution in [1.29, 1.82) is 0 Å². The minimum absolute atomic E-state index is 0.0104. The Hall–Kier alpha value is -2.16. The van der Waals surface area contributed by atoms with Crippen LogP contribution < -0.4 is 10.1 Å². The Balaban J connectivity index is 1.66. The third-order valence-corrected chi connectivity index (χ3v) is 6.15. The van der Waals surface area contributed by atoms with Gasteiger partial charge in [0.15, 0.2) is 9.84 Å². The van der Waals surface area contributed by atoms with Crippen LogP contribution >= 0.6 is 0 Å². The van der Waals surface area contributed by atoms with Gasteiger partial charge >= 0.3 is 0 Å². The number of nitrogens with zero attached hydrogens (tertiary/aromatic N) is 2. The van der Waals surface area contributed by atoms with E-state index in [2.05, 4.69) is 10.3 Å². The molecule has 0 saturated carbocycles. The highest BCUT2D eigenvalue weighted by atomic mass is 32.2. The van der Waals surface area contributed by atoms with E-state index in [0.29, 0.717) is 18.0 Å². The van der Waals surface area contributed by atoms with E-state index in [-0.39, 0.29) is 42.3 Å². The minimum Gasteiger partial charge on any atom is -0.480 e. The number of likely N-dealkylation sites (tertiary alicyclic amines) is 1. The molecule has 0 bridgehead atoms. The molecule has 130 valence electrons. The summed E-state index contributed by atoms with van der Waals surface area (Å²) in [5, 5.41) is 2.73. The van der Waals surface area contributed by atoms with Crippen molar-refractivity contribution in [3.63, 3.8) is 0 Å². The van der Waals surface area contributed by atoms with E-state index in [1.165, 1.54) is 12.0 Å². The molecule has 2 amide bonds. The molecule has 8 nitrogen and oxygen atoms in total. The van der Waals surface area contributed by atoms with Gasteiger partial charge in [0.1, 0.15) is 5.69 Å². The van der Waals surface area contributed by atoms with Gasteiger partial charge in [-0.25, -0.2) is 13.4 Å². The summed E-state index contributed by atoms with van der Waals surface area (Å²) in [5.41, 5.74) is 0.444. The lowest BCUT2D eigenvalue weighted by Gasteiger charge is -2.23. The summed E-state index contributed by atoms with van der Waals surface area (Å²) in [7, 11) is -1.61. The van der Waals surface area contributed by atoms with E-state index >= 15 is 0 Å². The van der Waals surface area contributed by atoms with Gasteiger partial charge in [-0.05, 0) is 18.6 Å². The molecule has 2 fully saturated rings. The molecule has 2 saturated heterocycles. The first kappa shape index (κ1) is 16.7. The first-order valence-electron chi connectivity index (χ1n) is 7.69. The highest BCUT2D eigenvalue weighted by molar-refractivity contribution is 7.91. The number of anilines is 1. The number of carbonyl (C=O) groups excluding carboxylic acids is 2. The first-order valence-corrected chi connectivity index (χ1v) is 9.51. The first-order chi connectivity index (χ1) is 11.4. The van der Waals surface area contributed by atoms with E-state index in [4.69, 9.17) is 4.74 Å². The van der Waals surface area contributed by atoms with Crippen LogP contribution in [0, 0.1) is 5.92 Å². The van der Waals surface area contributed by atoms with Crippen LogP contribution in [-0.4, -0.2) is 61.3 Å². The van der Waals surface area contributed by atoms with Crippen LogP contribution in [0.5, 0.6) is 5.88 Å². The van der Waals surface area contributed by atoms with Crippen LogP contribution in [0.15, 0.2) is 18.3 Å². The molecule has 24 heavy (non-hydrogen) atoms. The molecule has 0 radical (unpaired) electrons. The summed E-state index contributed by atoms with van der Waals surface area (Å²) < 4.78 is 28.3. The van der Waals surface area contributed by atoms with E-state index in [0.717, 1.165) is 0 Å². The molecule has 1 aromatic rings. The van der Waals surface area contributed by atoms with Crippen LogP contribution in [0.3, 0.4) is 0 Å². The number of methoxy groups -OCH3 is 1. The number of ether oxygens (including phenoxy) is 1. The van der Waals surface area contributed by atoms with Crippen molar-refractivity contribution in [1.82, 2.24) is 9.88 Å². The van der Waals surface area contributed by atoms with Crippen LogP contribution in [0.2, 0.25) is 0 Å². The maximum atomic E-state index is 12.4. The van der Waals surface area contributed by atoms with Gasteiger partial charge in [-0.2, -0.15) is 0 Å². The molecule has 3 rings (SSSR count). The van der Waals surface area contributed by atoms with Gasteiger partial charge in [0.05, 0.1) is 24.5 Å². The maximum Gasteiger partial charge on any atom is 0.237 e. The molecule has 3 heterocycles. The van der Waals surface area contributed by atoms with Crippen LogP contribution in [0.1, 0.15) is 12.8 Å². The zero-order chi connectivity index (χ0) is 17.3.